The quantitative estimate of drug-likeness (QED) is 0.631. The number of nitrogens with zero attached hydrogens (tertiary/aromatic N) is 2. The molecule has 29 heavy (non-hydrogen) atoms. The maximum atomic E-state index is 6.34. The number of hydrogen-bond acceptors (Lipinski definition) is 4. The lowest BCUT2D eigenvalue weighted by Gasteiger charge is -2.28. The SMILES string of the molecule is S=C1N[C@H](c2ccccn2)[C@@H](c2ccc(-c3ccccc3)o2)N1C[C@H]1CCCO1. The predicted octanol–water partition coefficient (Wildman–Crippen LogP) is 4.49. The third-order valence-electron chi connectivity index (χ3n) is 5.60. The Kier molecular flexibility index (Phi) is 5.04. The summed E-state index contributed by atoms with van der Waals surface area (Å²) in [5, 5.41) is 4.19. The molecule has 1 N–H and O–H groups in total. The average Bonchev–Trinajstić information content (AvgIpc) is 3.51. The molecule has 0 amide bonds. The standard InChI is InChI=1S/C23H23N3O2S/c29-23-25-21(18-10-4-5-13-24-18)22(26(23)15-17-9-6-14-27-17)20-12-11-19(28-20)16-7-2-1-3-8-16/h1-5,7-8,10-13,17,21-22H,6,9,14-15H2,(H,25,29)/t17-,21-,22-/m1/s1. The zero-order valence-electron chi connectivity index (χ0n) is 16.0. The second-order valence-electron chi connectivity index (χ2n) is 7.48. The van der Waals surface area contributed by atoms with Gasteiger partial charge in [-0.25, -0.2) is 0 Å². The molecule has 2 aliphatic rings. The van der Waals surface area contributed by atoms with Gasteiger partial charge in [0, 0.05) is 24.9 Å². The third-order valence-corrected chi connectivity index (χ3v) is 5.95. The minimum atomic E-state index is -0.0703. The van der Waals surface area contributed by atoms with Crippen LogP contribution in [0.2, 0.25) is 0 Å². The fourth-order valence-electron chi connectivity index (χ4n) is 4.19. The van der Waals surface area contributed by atoms with Gasteiger partial charge in [-0.05, 0) is 49.3 Å². The van der Waals surface area contributed by atoms with Crippen molar-refractivity contribution < 1.29 is 9.15 Å². The molecule has 0 radical (unpaired) electrons. The topological polar surface area (TPSA) is 50.5 Å². The summed E-state index contributed by atoms with van der Waals surface area (Å²) in [5.41, 5.74) is 2.01. The summed E-state index contributed by atoms with van der Waals surface area (Å²) < 4.78 is 12.2. The number of nitrogens with one attached hydrogen (secondary N) is 1. The summed E-state index contributed by atoms with van der Waals surface area (Å²) in [4.78, 5) is 6.79. The van der Waals surface area contributed by atoms with Crippen LogP contribution in [-0.2, 0) is 4.74 Å². The first kappa shape index (κ1) is 18.3. The molecule has 0 aliphatic carbocycles. The molecule has 2 aliphatic heterocycles. The van der Waals surface area contributed by atoms with Crippen LogP contribution in [-0.4, -0.2) is 34.3 Å². The van der Waals surface area contributed by atoms with Crippen molar-refractivity contribution in [1.29, 1.82) is 0 Å². The highest BCUT2D eigenvalue weighted by Crippen LogP contribution is 2.40. The fourth-order valence-corrected chi connectivity index (χ4v) is 4.50. The normalized spacial score (nSPS) is 24.1. The van der Waals surface area contributed by atoms with E-state index in [9.17, 15) is 0 Å². The number of pyridine rings is 1. The minimum absolute atomic E-state index is 0.0696. The van der Waals surface area contributed by atoms with Crippen LogP contribution in [0.25, 0.3) is 11.3 Å². The summed E-state index contributed by atoms with van der Waals surface area (Å²) in [6.45, 7) is 1.58. The van der Waals surface area contributed by atoms with Gasteiger partial charge in [0.05, 0.1) is 17.8 Å². The zero-order chi connectivity index (χ0) is 19.6. The second kappa shape index (κ2) is 7.97. The Morgan fingerprint density at radius 2 is 1.93 bits per heavy atom. The van der Waals surface area contributed by atoms with Crippen LogP contribution in [0.4, 0.5) is 0 Å². The highest BCUT2D eigenvalue weighted by molar-refractivity contribution is 7.80. The fraction of sp³-hybridized carbons (Fsp3) is 0.304. The highest BCUT2D eigenvalue weighted by atomic mass is 32.1. The molecule has 2 aromatic heterocycles. The Morgan fingerprint density at radius 1 is 1.07 bits per heavy atom. The molecule has 0 spiro atoms. The summed E-state index contributed by atoms with van der Waals surface area (Å²) in [5.74, 6) is 1.74. The van der Waals surface area contributed by atoms with Gasteiger partial charge in [0.1, 0.15) is 17.6 Å². The molecule has 4 heterocycles. The number of hydrogen-bond donors (Lipinski definition) is 1. The summed E-state index contributed by atoms with van der Waals surface area (Å²) >= 11 is 5.72. The summed E-state index contributed by atoms with van der Waals surface area (Å²) in [7, 11) is 0. The van der Waals surface area contributed by atoms with E-state index in [4.69, 9.17) is 21.4 Å². The lowest BCUT2D eigenvalue weighted by Crippen LogP contribution is -2.36. The molecule has 0 unspecified atom stereocenters. The van der Waals surface area contributed by atoms with Gasteiger partial charge in [-0.2, -0.15) is 0 Å². The summed E-state index contributed by atoms with van der Waals surface area (Å²) in [6, 6.07) is 20.1. The van der Waals surface area contributed by atoms with Crippen molar-refractivity contribution in [3.8, 4) is 11.3 Å². The van der Waals surface area contributed by atoms with E-state index in [-0.39, 0.29) is 18.2 Å². The highest BCUT2D eigenvalue weighted by Gasteiger charge is 2.42. The van der Waals surface area contributed by atoms with E-state index in [1.165, 1.54) is 0 Å². The minimum Gasteiger partial charge on any atom is -0.459 e. The van der Waals surface area contributed by atoms with Gasteiger partial charge in [-0.1, -0.05) is 36.4 Å². The molecule has 2 fully saturated rings. The molecule has 3 aromatic rings. The first-order chi connectivity index (χ1) is 14.3. The van der Waals surface area contributed by atoms with Crippen LogP contribution in [0.1, 0.15) is 36.4 Å². The number of aromatic nitrogens is 1. The van der Waals surface area contributed by atoms with E-state index < -0.39 is 0 Å². The average molecular weight is 406 g/mol. The Hall–Kier alpha value is -2.70. The largest absolute Gasteiger partial charge is 0.459 e. The lowest BCUT2D eigenvalue weighted by atomic mass is 10.0. The van der Waals surface area contributed by atoms with Crippen molar-refractivity contribution in [2.75, 3.05) is 13.2 Å². The van der Waals surface area contributed by atoms with Gasteiger partial charge >= 0.3 is 0 Å². The van der Waals surface area contributed by atoms with Crippen molar-refractivity contribution >= 4 is 17.3 Å². The Bertz CT molecular complexity index is 970. The zero-order valence-corrected chi connectivity index (χ0v) is 16.8. The number of furan rings is 1. The number of benzene rings is 1. The molecule has 5 rings (SSSR count). The maximum Gasteiger partial charge on any atom is 0.170 e. The third kappa shape index (κ3) is 3.66. The summed E-state index contributed by atoms with van der Waals surface area (Å²) in [6.07, 6.45) is 4.18. The van der Waals surface area contributed by atoms with Crippen LogP contribution in [0.3, 0.4) is 0 Å². The van der Waals surface area contributed by atoms with Crippen molar-refractivity contribution in [3.63, 3.8) is 0 Å². The van der Waals surface area contributed by atoms with Crippen LogP contribution in [0.5, 0.6) is 0 Å². The van der Waals surface area contributed by atoms with Crippen LogP contribution in [0.15, 0.2) is 71.3 Å². The second-order valence-corrected chi connectivity index (χ2v) is 7.87. The first-order valence-electron chi connectivity index (χ1n) is 10.0. The molecule has 2 saturated heterocycles. The smallest absolute Gasteiger partial charge is 0.170 e. The Balaban J connectivity index is 1.50. The molecular formula is C23H23N3O2S. The molecule has 0 bridgehead atoms. The Morgan fingerprint density at radius 3 is 2.69 bits per heavy atom. The lowest BCUT2D eigenvalue weighted by molar-refractivity contribution is 0.0818. The van der Waals surface area contributed by atoms with Gasteiger partial charge in [0.2, 0.25) is 0 Å². The monoisotopic (exact) mass is 405 g/mol. The van der Waals surface area contributed by atoms with Crippen molar-refractivity contribution in [2.45, 2.75) is 31.0 Å². The molecule has 0 saturated carbocycles. The van der Waals surface area contributed by atoms with Crippen molar-refractivity contribution in [1.82, 2.24) is 15.2 Å². The van der Waals surface area contributed by atoms with E-state index in [1.54, 1.807) is 0 Å². The number of ether oxygens (including phenoxy) is 1. The van der Waals surface area contributed by atoms with Crippen LogP contribution < -0.4 is 5.32 Å². The molecule has 5 nitrogen and oxygen atoms in total. The van der Waals surface area contributed by atoms with Gasteiger partial charge in [0.25, 0.3) is 0 Å². The molecule has 1 aromatic carbocycles. The van der Waals surface area contributed by atoms with Crippen LogP contribution in [0, 0.1) is 0 Å². The Labute approximate surface area is 175 Å². The van der Waals surface area contributed by atoms with Gasteiger partial charge in [0.15, 0.2) is 5.11 Å². The van der Waals surface area contributed by atoms with Gasteiger partial charge < -0.3 is 19.4 Å². The van der Waals surface area contributed by atoms with Crippen molar-refractivity contribution in [3.05, 3.63) is 78.3 Å². The van der Waals surface area contributed by atoms with E-state index in [0.717, 1.165) is 53.9 Å². The molecule has 148 valence electrons. The van der Waals surface area contributed by atoms with E-state index in [2.05, 4.69) is 33.4 Å². The van der Waals surface area contributed by atoms with Crippen molar-refractivity contribution in [2.24, 2.45) is 0 Å². The van der Waals surface area contributed by atoms with E-state index >= 15 is 0 Å². The number of thiocarbonyl (C=S) groups is 1. The predicted molar refractivity (Wildman–Crippen MR) is 115 cm³/mol. The van der Waals surface area contributed by atoms with Gasteiger partial charge in [-0.3, -0.25) is 4.98 Å². The van der Waals surface area contributed by atoms with E-state index in [1.807, 2.05) is 48.7 Å². The molecule has 6 heteroatoms. The van der Waals surface area contributed by atoms with E-state index in [0.29, 0.717) is 0 Å². The maximum absolute atomic E-state index is 6.34. The molecule has 3 atom stereocenters. The first-order valence-corrected chi connectivity index (χ1v) is 10.5. The molecular weight excluding hydrogens is 382 g/mol. The van der Waals surface area contributed by atoms with Gasteiger partial charge in [-0.15, -0.1) is 0 Å². The number of rotatable bonds is 5. The van der Waals surface area contributed by atoms with Crippen LogP contribution >= 0.6 is 12.2 Å².